The normalized spacial score (nSPS) is 20.6. The van der Waals surface area contributed by atoms with Crippen molar-refractivity contribution in [1.82, 2.24) is 0 Å². The second kappa shape index (κ2) is 3.76. The van der Waals surface area contributed by atoms with Crippen molar-refractivity contribution in [3.8, 4) is 0 Å². The van der Waals surface area contributed by atoms with Gasteiger partial charge in [0.1, 0.15) is 6.29 Å². The molecule has 0 radical (unpaired) electrons. The van der Waals surface area contributed by atoms with Gasteiger partial charge in [0, 0.05) is 5.57 Å². The molecule has 1 rings (SSSR count). The van der Waals surface area contributed by atoms with Crippen molar-refractivity contribution in [1.29, 1.82) is 0 Å². The summed E-state index contributed by atoms with van der Waals surface area (Å²) < 4.78 is 9.97. The van der Waals surface area contributed by atoms with Gasteiger partial charge >= 0.3 is 0 Å². The van der Waals surface area contributed by atoms with Gasteiger partial charge in [-0.05, 0) is 13.0 Å². The smallest absolute Gasteiger partial charge is 0.231 e. The molecule has 12 heavy (non-hydrogen) atoms. The van der Waals surface area contributed by atoms with Crippen LogP contribution in [0.2, 0.25) is 0 Å². The number of rotatable bonds is 2. The summed E-state index contributed by atoms with van der Waals surface area (Å²) in [5, 5.41) is 0. The third-order valence-corrected chi connectivity index (χ3v) is 1.49. The van der Waals surface area contributed by atoms with E-state index in [0.717, 1.165) is 6.29 Å². The number of ether oxygens (including phenoxy) is 2. The Morgan fingerprint density at radius 1 is 1.58 bits per heavy atom. The van der Waals surface area contributed by atoms with Crippen LogP contribution in [-0.2, 0) is 14.3 Å². The number of allylic oxidation sites excluding steroid dienone is 3. The number of carbonyl (C=O) groups excluding carboxylic acids is 1. The van der Waals surface area contributed by atoms with Crippen LogP contribution in [-0.4, -0.2) is 13.1 Å². The molecular formula is C9H10O3. The summed E-state index contributed by atoms with van der Waals surface area (Å²) in [5.41, 5.74) is 0.552. The fraction of sp³-hybridized carbons (Fsp3) is 0.222. The Labute approximate surface area is 71.0 Å². The van der Waals surface area contributed by atoms with Gasteiger partial charge in [-0.1, -0.05) is 12.7 Å². The van der Waals surface area contributed by atoms with Gasteiger partial charge in [0.05, 0.1) is 0 Å². The zero-order valence-electron chi connectivity index (χ0n) is 6.87. The number of hydrogen-bond acceptors (Lipinski definition) is 3. The lowest BCUT2D eigenvalue weighted by Crippen LogP contribution is -1.85. The molecule has 0 aromatic rings. The van der Waals surface area contributed by atoms with Crippen molar-refractivity contribution in [3.05, 3.63) is 35.8 Å². The maximum Gasteiger partial charge on any atom is 0.231 e. The van der Waals surface area contributed by atoms with Crippen LogP contribution in [0.25, 0.3) is 0 Å². The summed E-state index contributed by atoms with van der Waals surface area (Å²) in [4.78, 5) is 10.4. The first-order valence-electron chi connectivity index (χ1n) is 3.56. The Morgan fingerprint density at radius 2 is 2.33 bits per heavy atom. The van der Waals surface area contributed by atoms with Gasteiger partial charge in [0.2, 0.25) is 6.79 Å². The van der Waals surface area contributed by atoms with Gasteiger partial charge in [-0.2, -0.15) is 0 Å². The summed E-state index contributed by atoms with van der Waals surface area (Å²) in [7, 11) is 0. The summed E-state index contributed by atoms with van der Waals surface area (Å²) in [6.07, 6.45) is 4.04. The summed E-state index contributed by atoms with van der Waals surface area (Å²) >= 11 is 0. The van der Waals surface area contributed by atoms with Crippen LogP contribution in [0.15, 0.2) is 35.8 Å². The highest BCUT2D eigenvalue weighted by Gasteiger charge is 2.13. The second-order valence-corrected chi connectivity index (χ2v) is 2.24. The Bertz CT molecular complexity index is 261. The van der Waals surface area contributed by atoms with Crippen molar-refractivity contribution in [2.75, 3.05) is 6.79 Å². The summed E-state index contributed by atoms with van der Waals surface area (Å²) in [6.45, 7) is 5.56. The second-order valence-electron chi connectivity index (χ2n) is 2.24. The molecule has 0 saturated carbocycles. The lowest BCUT2D eigenvalue weighted by molar-refractivity contribution is -0.104. The SMILES string of the molecule is C=C1OCO/C1=C/C(C=O)=C\C. The molecule has 1 aliphatic rings. The van der Waals surface area contributed by atoms with E-state index in [4.69, 9.17) is 9.47 Å². The molecular weight excluding hydrogens is 156 g/mol. The van der Waals surface area contributed by atoms with E-state index < -0.39 is 0 Å². The molecule has 0 unspecified atom stereocenters. The van der Waals surface area contributed by atoms with E-state index in [0.29, 0.717) is 17.1 Å². The third kappa shape index (κ3) is 1.75. The van der Waals surface area contributed by atoms with Crippen molar-refractivity contribution >= 4 is 6.29 Å². The highest BCUT2D eigenvalue weighted by atomic mass is 16.7. The monoisotopic (exact) mass is 166 g/mol. The lowest BCUT2D eigenvalue weighted by Gasteiger charge is -1.93. The molecule has 0 aliphatic carbocycles. The first-order chi connectivity index (χ1) is 5.77. The predicted molar refractivity (Wildman–Crippen MR) is 44.1 cm³/mol. The van der Waals surface area contributed by atoms with E-state index in [2.05, 4.69) is 6.58 Å². The molecule has 0 amide bonds. The minimum absolute atomic E-state index is 0.181. The minimum Gasteiger partial charge on any atom is -0.454 e. The van der Waals surface area contributed by atoms with Gasteiger partial charge in [-0.25, -0.2) is 0 Å². The van der Waals surface area contributed by atoms with Gasteiger partial charge in [0.25, 0.3) is 0 Å². The molecule has 0 bridgehead atoms. The van der Waals surface area contributed by atoms with Crippen LogP contribution in [0.3, 0.4) is 0 Å². The first kappa shape index (κ1) is 8.59. The average Bonchev–Trinajstić information content (AvgIpc) is 2.47. The number of carbonyl (C=O) groups is 1. The third-order valence-electron chi connectivity index (χ3n) is 1.49. The first-order valence-corrected chi connectivity index (χ1v) is 3.56. The number of aldehydes is 1. The van der Waals surface area contributed by atoms with E-state index in [-0.39, 0.29) is 6.79 Å². The van der Waals surface area contributed by atoms with Gasteiger partial charge in [0.15, 0.2) is 11.5 Å². The Morgan fingerprint density at radius 3 is 2.75 bits per heavy atom. The van der Waals surface area contributed by atoms with Crippen LogP contribution in [0.4, 0.5) is 0 Å². The van der Waals surface area contributed by atoms with Crippen molar-refractivity contribution in [3.63, 3.8) is 0 Å². The Balaban J connectivity index is 2.80. The molecule has 0 aromatic carbocycles. The highest BCUT2D eigenvalue weighted by molar-refractivity contribution is 5.77. The standard InChI is InChI=1S/C9H10O3/c1-3-8(5-10)4-9-7(2)11-6-12-9/h3-5H,2,6H2,1H3/b8-3+,9-4+. The molecule has 1 heterocycles. The lowest BCUT2D eigenvalue weighted by atomic mass is 10.2. The molecule has 3 nitrogen and oxygen atoms in total. The van der Waals surface area contributed by atoms with Crippen molar-refractivity contribution < 1.29 is 14.3 Å². The van der Waals surface area contributed by atoms with Crippen LogP contribution in [0, 0.1) is 0 Å². The van der Waals surface area contributed by atoms with E-state index in [1.807, 2.05) is 0 Å². The Kier molecular flexibility index (Phi) is 2.69. The van der Waals surface area contributed by atoms with Gasteiger partial charge in [-0.3, -0.25) is 4.79 Å². The summed E-state index contributed by atoms with van der Waals surface area (Å²) in [5.74, 6) is 0.992. The highest BCUT2D eigenvalue weighted by Crippen LogP contribution is 2.19. The van der Waals surface area contributed by atoms with E-state index in [9.17, 15) is 4.79 Å². The van der Waals surface area contributed by atoms with E-state index in [1.54, 1.807) is 19.1 Å². The average molecular weight is 166 g/mol. The molecule has 0 spiro atoms. The number of hydrogen-bond donors (Lipinski definition) is 0. The fourth-order valence-electron chi connectivity index (χ4n) is 0.775. The molecule has 3 heteroatoms. The molecule has 64 valence electrons. The fourth-order valence-corrected chi connectivity index (χ4v) is 0.775. The van der Waals surface area contributed by atoms with Crippen molar-refractivity contribution in [2.45, 2.75) is 6.92 Å². The summed E-state index contributed by atoms with van der Waals surface area (Å²) in [6, 6.07) is 0. The zero-order chi connectivity index (χ0) is 8.97. The maximum atomic E-state index is 10.4. The van der Waals surface area contributed by atoms with Gasteiger partial charge < -0.3 is 9.47 Å². The van der Waals surface area contributed by atoms with Crippen LogP contribution in [0.1, 0.15) is 6.92 Å². The molecule has 1 saturated heterocycles. The zero-order valence-corrected chi connectivity index (χ0v) is 6.87. The van der Waals surface area contributed by atoms with E-state index in [1.165, 1.54) is 0 Å². The molecule has 0 N–H and O–H groups in total. The van der Waals surface area contributed by atoms with E-state index >= 15 is 0 Å². The van der Waals surface area contributed by atoms with Crippen LogP contribution >= 0.6 is 0 Å². The quantitative estimate of drug-likeness (QED) is 0.461. The van der Waals surface area contributed by atoms with Crippen LogP contribution in [0.5, 0.6) is 0 Å². The van der Waals surface area contributed by atoms with Gasteiger partial charge in [-0.15, -0.1) is 0 Å². The molecule has 0 aromatic heterocycles. The topological polar surface area (TPSA) is 35.5 Å². The molecule has 1 fully saturated rings. The minimum atomic E-state index is 0.181. The molecule has 1 aliphatic heterocycles. The Hall–Kier alpha value is -1.51. The molecule has 0 atom stereocenters. The largest absolute Gasteiger partial charge is 0.454 e. The van der Waals surface area contributed by atoms with Crippen molar-refractivity contribution in [2.24, 2.45) is 0 Å². The maximum absolute atomic E-state index is 10.4. The van der Waals surface area contributed by atoms with Crippen LogP contribution < -0.4 is 0 Å². The predicted octanol–water partition coefficient (Wildman–Crippen LogP) is 1.53.